The standard InChI is InChI=1S/C17H24ClN3O4/c1-24-9-6-20-17(23)12-2-3-15(14(18)10-12)25-13-4-7-21(8-5-13)11-16(19)22/h2-3,10,13H,4-9,11H2,1H3,(H2,19,22)(H,20,23). The zero-order chi connectivity index (χ0) is 18.2. The molecule has 0 saturated carbocycles. The van der Waals surface area contributed by atoms with Crippen molar-refractivity contribution in [2.45, 2.75) is 18.9 Å². The maximum absolute atomic E-state index is 12.0. The molecule has 0 aliphatic carbocycles. The summed E-state index contributed by atoms with van der Waals surface area (Å²) in [5.74, 6) is 0.0375. The van der Waals surface area contributed by atoms with Crippen molar-refractivity contribution in [3.05, 3.63) is 28.8 Å². The molecule has 2 rings (SSSR count). The molecular formula is C17H24ClN3O4. The molecule has 1 aliphatic heterocycles. The first kappa shape index (κ1) is 19.5. The van der Waals surface area contributed by atoms with Crippen molar-refractivity contribution < 1.29 is 19.1 Å². The highest BCUT2D eigenvalue weighted by Gasteiger charge is 2.22. The fourth-order valence-corrected chi connectivity index (χ4v) is 2.92. The summed E-state index contributed by atoms with van der Waals surface area (Å²) in [7, 11) is 1.58. The number of benzene rings is 1. The number of carbonyl (C=O) groups excluding carboxylic acids is 2. The topological polar surface area (TPSA) is 93.9 Å². The Hall–Kier alpha value is -1.83. The van der Waals surface area contributed by atoms with E-state index in [0.29, 0.717) is 29.5 Å². The molecule has 1 fully saturated rings. The number of nitrogens with two attached hydrogens (primary N) is 1. The average molecular weight is 370 g/mol. The normalized spacial score (nSPS) is 15.8. The van der Waals surface area contributed by atoms with Crippen molar-refractivity contribution >= 4 is 23.4 Å². The Kier molecular flexibility index (Phi) is 7.49. The minimum atomic E-state index is -0.318. The van der Waals surface area contributed by atoms with Crippen molar-refractivity contribution in [1.82, 2.24) is 10.2 Å². The van der Waals surface area contributed by atoms with Crippen LogP contribution >= 0.6 is 11.6 Å². The third kappa shape index (κ3) is 6.19. The van der Waals surface area contributed by atoms with Gasteiger partial charge in [0.2, 0.25) is 5.91 Å². The number of nitrogens with zero attached hydrogens (tertiary/aromatic N) is 1. The molecule has 25 heavy (non-hydrogen) atoms. The predicted molar refractivity (Wildman–Crippen MR) is 94.9 cm³/mol. The number of hydrogen-bond donors (Lipinski definition) is 2. The number of amides is 2. The van der Waals surface area contributed by atoms with E-state index >= 15 is 0 Å². The van der Waals surface area contributed by atoms with Crippen molar-refractivity contribution in [1.29, 1.82) is 0 Å². The highest BCUT2D eigenvalue weighted by molar-refractivity contribution is 6.32. The van der Waals surface area contributed by atoms with E-state index in [1.54, 1.807) is 25.3 Å². The van der Waals surface area contributed by atoms with Crippen LogP contribution < -0.4 is 15.8 Å². The number of nitrogens with one attached hydrogen (secondary N) is 1. The molecule has 0 radical (unpaired) electrons. The Morgan fingerprint density at radius 2 is 2.08 bits per heavy atom. The summed E-state index contributed by atoms with van der Waals surface area (Å²) in [6, 6.07) is 5.00. The van der Waals surface area contributed by atoms with Gasteiger partial charge < -0.3 is 20.5 Å². The van der Waals surface area contributed by atoms with Gasteiger partial charge in [0, 0.05) is 32.3 Å². The Labute approximate surface area is 152 Å². The number of methoxy groups -OCH3 is 1. The second kappa shape index (κ2) is 9.60. The molecule has 1 aromatic rings. The third-order valence-corrected chi connectivity index (χ3v) is 4.29. The molecule has 7 nitrogen and oxygen atoms in total. The van der Waals surface area contributed by atoms with Crippen molar-refractivity contribution in [3.8, 4) is 5.75 Å². The molecule has 1 aromatic carbocycles. The van der Waals surface area contributed by atoms with E-state index in [-0.39, 0.29) is 24.5 Å². The van der Waals surface area contributed by atoms with Gasteiger partial charge in [-0.1, -0.05) is 11.6 Å². The van der Waals surface area contributed by atoms with Gasteiger partial charge in [0.15, 0.2) is 0 Å². The average Bonchev–Trinajstić information content (AvgIpc) is 2.58. The number of carbonyl (C=O) groups is 2. The zero-order valence-corrected chi connectivity index (χ0v) is 15.1. The van der Waals surface area contributed by atoms with Crippen LogP contribution in [0.4, 0.5) is 0 Å². The maximum Gasteiger partial charge on any atom is 0.251 e. The zero-order valence-electron chi connectivity index (χ0n) is 14.3. The van der Waals surface area contributed by atoms with Gasteiger partial charge in [-0.05, 0) is 31.0 Å². The van der Waals surface area contributed by atoms with Crippen LogP contribution in [0.5, 0.6) is 5.75 Å². The van der Waals surface area contributed by atoms with Crippen molar-refractivity contribution in [3.63, 3.8) is 0 Å². The van der Waals surface area contributed by atoms with Crippen LogP contribution in [0.15, 0.2) is 18.2 Å². The van der Waals surface area contributed by atoms with Crippen LogP contribution in [0.2, 0.25) is 5.02 Å². The van der Waals surface area contributed by atoms with Gasteiger partial charge in [0.25, 0.3) is 5.91 Å². The first-order valence-electron chi connectivity index (χ1n) is 8.23. The Morgan fingerprint density at radius 1 is 1.36 bits per heavy atom. The second-order valence-electron chi connectivity index (χ2n) is 5.95. The molecule has 2 amide bonds. The lowest BCUT2D eigenvalue weighted by Crippen LogP contribution is -2.42. The fraction of sp³-hybridized carbons (Fsp3) is 0.529. The van der Waals surface area contributed by atoms with Crippen LogP contribution in [0, 0.1) is 0 Å². The molecule has 3 N–H and O–H groups in total. The van der Waals surface area contributed by atoms with Crippen LogP contribution in [0.3, 0.4) is 0 Å². The maximum atomic E-state index is 12.0. The minimum Gasteiger partial charge on any atom is -0.489 e. The first-order valence-corrected chi connectivity index (χ1v) is 8.61. The molecule has 1 aliphatic rings. The van der Waals surface area contributed by atoms with E-state index in [1.165, 1.54) is 0 Å². The van der Waals surface area contributed by atoms with E-state index in [2.05, 4.69) is 5.32 Å². The van der Waals surface area contributed by atoms with Gasteiger partial charge in [-0.15, -0.1) is 0 Å². The van der Waals surface area contributed by atoms with Crippen LogP contribution in [-0.4, -0.2) is 62.7 Å². The van der Waals surface area contributed by atoms with Gasteiger partial charge in [0.05, 0.1) is 18.2 Å². The van der Waals surface area contributed by atoms with Gasteiger partial charge in [-0.25, -0.2) is 0 Å². The fourth-order valence-electron chi connectivity index (χ4n) is 2.69. The lowest BCUT2D eigenvalue weighted by molar-refractivity contribution is -0.119. The van der Waals surface area contributed by atoms with Gasteiger partial charge in [-0.3, -0.25) is 14.5 Å². The number of hydrogen-bond acceptors (Lipinski definition) is 5. The highest BCUT2D eigenvalue weighted by Crippen LogP contribution is 2.28. The lowest BCUT2D eigenvalue weighted by atomic mass is 10.1. The number of primary amides is 1. The second-order valence-corrected chi connectivity index (χ2v) is 6.36. The summed E-state index contributed by atoms with van der Waals surface area (Å²) < 4.78 is 10.8. The summed E-state index contributed by atoms with van der Waals surface area (Å²) in [4.78, 5) is 24.9. The Morgan fingerprint density at radius 3 is 2.68 bits per heavy atom. The highest BCUT2D eigenvalue weighted by atomic mass is 35.5. The largest absolute Gasteiger partial charge is 0.489 e. The molecule has 0 bridgehead atoms. The van der Waals surface area contributed by atoms with Gasteiger partial charge in [0.1, 0.15) is 11.9 Å². The molecular weight excluding hydrogens is 346 g/mol. The summed E-state index contributed by atoms with van der Waals surface area (Å²) in [5.41, 5.74) is 5.69. The number of halogens is 1. The van der Waals surface area contributed by atoms with Crippen molar-refractivity contribution in [2.24, 2.45) is 5.73 Å². The van der Waals surface area contributed by atoms with E-state index in [9.17, 15) is 9.59 Å². The van der Waals surface area contributed by atoms with Crippen molar-refractivity contribution in [2.75, 3.05) is 39.9 Å². The molecule has 0 unspecified atom stereocenters. The quantitative estimate of drug-likeness (QED) is 0.668. The Bertz CT molecular complexity index is 604. The summed E-state index contributed by atoms with van der Waals surface area (Å²) in [6.45, 7) is 2.68. The Balaban J connectivity index is 1.87. The molecule has 1 saturated heterocycles. The minimum absolute atomic E-state index is 0.0306. The molecule has 138 valence electrons. The molecule has 0 spiro atoms. The van der Waals surface area contributed by atoms with Gasteiger partial charge >= 0.3 is 0 Å². The van der Waals surface area contributed by atoms with Gasteiger partial charge in [-0.2, -0.15) is 0 Å². The molecule has 0 aromatic heterocycles. The number of piperidine rings is 1. The molecule has 8 heteroatoms. The number of likely N-dealkylation sites (tertiary alicyclic amines) is 1. The molecule has 0 atom stereocenters. The van der Waals surface area contributed by atoms with Crippen LogP contribution in [-0.2, 0) is 9.53 Å². The summed E-state index contributed by atoms with van der Waals surface area (Å²) >= 11 is 6.25. The van der Waals surface area contributed by atoms with Crippen LogP contribution in [0.25, 0.3) is 0 Å². The lowest BCUT2D eigenvalue weighted by Gasteiger charge is -2.31. The SMILES string of the molecule is COCCNC(=O)c1ccc(OC2CCN(CC(N)=O)CC2)c(Cl)c1. The first-order chi connectivity index (χ1) is 12.0. The van der Waals surface area contributed by atoms with Crippen LogP contribution in [0.1, 0.15) is 23.2 Å². The van der Waals surface area contributed by atoms with E-state index < -0.39 is 0 Å². The summed E-state index contributed by atoms with van der Waals surface area (Å²) in [5, 5.41) is 3.14. The van der Waals surface area contributed by atoms with E-state index in [0.717, 1.165) is 25.9 Å². The molecule has 1 heterocycles. The smallest absolute Gasteiger partial charge is 0.251 e. The third-order valence-electron chi connectivity index (χ3n) is 3.99. The summed E-state index contributed by atoms with van der Waals surface area (Å²) in [6.07, 6.45) is 1.62. The monoisotopic (exact) mass is 369 g/mol. The predicted octanol–water partition coefficient (Wildman–Crippen LogP) is 1.04. The number of ether oxygens (including phenoxy) is 2. The number of rotatable bonds is 8. The van der Waals surface area contributed by atoms with E-state index in [4.69, 9.17) is 26.8 Å². The van der Waals surface area contributed by atoms with E-state index in [1.807, 2.05) is 4.90 Å².